The molecule has 2 rings (SSSR count). The second kappa shape index (κ2) is 4.88. The molecule has 3 nitrogen and oxygen atoms in total. The molecule has 1 aliphatic carbocycles. The molecule has 0 spiro atoms. The zero-order chi connectivity index (χ0) is 12.3. The van der Waals surface area contributed by atoms with Crippen molar-refractivity contribution in [2.45, 2.75) is 38.0 Å². The maximum atomic E-state index is 12.1. The van der Waals surface area contributed by atoms with Crippen molar-refractivity contribution in [3.8, 4) is 0 Å². The third-order valence-electron chi connectivity index (χ3n) is 3.77. The molecule has 0 fully saturated rings. The number of aliphatic hydroxyl groups excluding tert-OH is 1. The Bertz CT molecular complexity index is 414. The highest BCUT2D eigenvalue weighted by atomic mass is 16.6. The van der Waals surface area contributed by atoms with Crippen LogP contribution in [0.2, 0.25) is 0 Å². The fourth-order valence-corrected chi connectivity index (χ4v) is 2.84. The van der Waals surface area contributed by atoms with Crippen LogP contribution in [0.3, 0.4) is 0 Å². The zero-order valence-electron chi connectivity index (χ0n) is 10.1. The maximum Gasteiger partial charge on any atom is 0.318 e. The van der Waals surface area contributed by atoms with Crippen molar-refractivity contribution in [3.63, 3.8) is 0 Å². The lowest BCUT2D eigenvalue weighted by Gasteiger charge is -2.36. The molecule has 0 radical (unpaired) electrons. The van der Waals surface area contributed by atoms with Crippen LogP contribution in [-0.2, 0) is 21.4 Å². The Morgan fingerprint density at radius 3 is 2.94 bits per heavy atom. The smallest absolute Gasteiger partial charge is 0.318 e. The van der Waals surface area contributed by atoms with Gasteiger partial charge in [0.25, 0.3) is 0 Å². The van der Waals surface area contributed by atoms with Crippen molar-refractivity contribution in [2.75, 3.05) is 6.79 Å². The lowest BCUT2D eigenvalue weighted by atomic mass is 9.68. The van der Waals surface area contributed by atoms with Gasteiger partial charge in [-0.2, -0.15) is 0 Å². The summed E-state index contributed by atoms with van der Waals surface area (Å²) in [5, 5.41) is 8.78. The largest absolute Gasteiger partial charge is 0.438 e. The molecule has 92 valence electrons. The molecule has 0 aromatic heterocycles. The highest BCUT2D eigenvalue weighted by molar-refractivity contribution is 5.84. The second-order valence-electron chi connectivity index (χ2n) is 4.51. The molecule has 0 heterocycles. The number of carbonyl (C=O) groups is 1. The first-order valence-electron chi connectivity index (χ1n) is 6.11. The monoisotopic (exact) mass is 234 g/mol. The molecule has 0 saturated heterocycles. The minimum atomic E-state index is -0.558. The van der Waals surface area contributed by atoms with Crippen molar-refractivity contribution in [1.29, 1.82) is 0 Å². The van der Waals surface area contributed by atoms with Gasteiger partial charge in [0.15, 0.2) is 6.79 Å². The highest BCUT2D eigenvalue weighted by Gasteiger charge is 2.42. The van der Waals surface area contributed by atoms with E-state index in [4.69, 9.17) is 9.84 Å². The maximum absolute atomic E-state index is 12.1. The Kier molecular flexibility index (Phi) is 3.48. The predicted octanol–water partition coefficient (Wildman–Crippen LogP) is 2.16. The Labute approximate surface area is 101 Å². The molecule has 0 saturated carbocycles. The molecule has 1 aromatic carbocycles. The predicted molar refractivity (Wildman–Crippen MR) is 64.5 cm³/mol. The second-order valence-corrected chi connectivity index (χ2v) is 4.51. The Hall–Kier alpha value is -1.35. The fraction of sp³-hybridized carbons (Fsp3) is 0.500. The van der Waals surface area contributed by atoms with Gasteiger partial charge in [-0.05, 0) is 36.8 Å². The first kappa shape index (κ1) is 12.1. The van der Waals surface area contributed by atoms with E-state index in [2.05, 4.69) is 6.07 Å². The van der Waals surface area contributed by atoms with Crippen molar-refractivity contribution < 1.29 is 14.6 Å². The number of fused-ring (bicyclic) bond motifs is 1. The van der Waals surface area contributed by atoms with Crippen molar-refractivity contribution in [3.05, 3.63) is 35.4 Å². The van der Waals surface area contributed by atoms with Crippen LogP contribution in [0.15, 0.2) is 24.3 Å². The molecule has 0 amide bonds. The number of aliphatic hydroxyl groups is 1. The Morgan fingerprint density at radius 2 is 2.24 bits per heavy atom. The molecule has 1 atom stereocenters. The minimum Gasteiger partial charge on any atom is -0.438 e. The molecule has 0 aliphatic heterocycles. The summed E-state index contributed by atoms with van der Waals surface area (Å²) in [6.07, 6.45) is 3.53. The van der Waals surface area contributed by atoms with Gasteiger partial charge >= 0.3 is 5.97 Å². The third-order valence-corrected chi connectivity index (χ3v) is 3.77. The van der Waals surface area contributed by atoms with Crippen LogP contribution in [0.4, 0.5) is 0 Å². The van der Waals surface area contributed by atoms with Crippen molar-refractivity contribution in [2.24, 2.45) is 0 Å². The van der Waals surface area contributed by atoms with Gasteiger partial charge in [-0.1, -0.05) is 31.2 Å². The summed E-state index contributed by atoms with van der Waals surface area (Å²) in [7, 11) is 0. The quantitative estimate of drug-likeness (QED) is 0.644. The molecule has 1 aliphatic rings. The fourth-order valence-electron chi connectivity index (χ4n) is 2.84. The Morgan fingerprint density at radius 1 is 1.47 bits per heavy atom. The summed E-state index contributed by atoms with van der Waals surface area (Å²) in [6.45, 7) is 1.46. The molecule has 0 bridgehead atoms. The summed E-state index contributed by atoms with van der Waals surface area (Å²) in [4.78, 5) is 12.1. The van der Waals surface area contributed by atoms with E-state index in [0.29, 0.717) is 6.42 Å². The number of aryl methyl sites for hydroxylation is 1. The van der Waals surface area contributed by atoms with Gasteiger partial charge in [0, 0.05) is 0 Å². The Balaban J connectivity index is 2.45. The summed E-state index contributed by atoms with van der Waals surface area (Å²) in [6, 6.07) is 8.05. The number of esters is 1. The molecule has 1 aromatic rings. The van der Waals surface area contributed by atoms with Crippen LogP contribution in [0.5, 0.6) is 0 Å². The van der Waals surface area contributed by atoms with E-state index in [9.17, 15) is 4.79 Å². The van der Waals surface area contributed by atoms with Crippen LogP contribution in [0.1, 0.15) is 37.3 Å². The van der Waals surface area contributed by atoms with Gasteiger partial charge in [-0.15, -0.1) is 0 Å². The molecule has 17 heavy (non-hydrogen) atoms. The van der Waals surface area contributed by atoms with Gasteiger partial charge in [-0.25, -0.2) is 0 Å². The highest BCUT2D eigenvalue weighted by Crippen LogP contribution is 2.40. The van der Waals surface area contributed by atoms with Crippen LogP contribution in [-0.4, -0.2) is 17.9 Å². The summed E-state index contributed by atoms with van der Waals surface area (Å²) in [5.74, 6) is -0.297. The molecule has 1 N–H and O–H groups in total. The van der Waals surface area contributed by atoms with Crippen LogP contribution in [0, 0.1) is 0 Å². The minimum absolute atomic E-state index is 0.297. The van der Waals surface area contributed by atoms with Crippen LogP contribution >= 0.6 is 0 Å². The number of carbonyl (C=O) groups excluding carboxylic acids is 1. The number of benzene rings is 1. The first-order valence-corrected chi connectivity index (χ1v) is 6.11. The van der Waals surface area contributed by atoms with E-state index in [-0.39, 0.29) is 5.97 Å². The van der Waals surface area contributed by atoms with E-state index in [1.165, 1.54) is 5.56 Å². The molecule has 1 unspecified atom stereocenters. The van der Waals surface area contributed by atoms with Crippen LogP contribution in [0.25, 0.3) is 0 Å². The zero-order valence-corrected chi connectivity index (χ0v) is 10.1. The van der Waals surface area contributed by atoms with Crippen molar-refractivity contribution in [1.82, 2.24) is 0 Å². The number of rotatable bonds is 3. The average Bonchev–Trinajstić information content (AvgIpc) is 2.38. The van der Waals surface area contributed by atoms with E-state index < -0.39 is 12.2 Å². The van der Waals surface area contributed by atoms with Gasteiger partial charge in [0.05, 0.1) is 5.41 Å². The standard InChI is InChI=1S/C14H18O3/c1-2-14(13(16)17-10-15)9-5-7-11-6-3-4-8-12(11)14/h3-4,6,8,15H,2,5,7,9-10H2,1H3. The summed E-state index contributed by atoms with van der Waals surface area (Å²) < 4.78 is 4.85. The molecule has 3 heteroatoms. The lowest BCUT2D eigenvalue weighted by molar-refractivity contribution is -0.160. The van der Waals surface area contributed by atoms with Gasteiger partial charge in [-0.3, -0.25) is 4.79 Å². The normalized spacial score (nSPS) is 22.9. The van der Waals surface area contributed by atoms with E-state index in [0.717, 1.165) is 24.8 Å². The lowest BCUT2D eigenvalue weighted by Crippen LogP contribution is -2.40. The number of hydrogen-bond acceptors (Lipinski definition) is 3. The van der Waals surface area contributed by atoms with E-state index in [1.807, 2.05) is 25.1 Å². The number of hydrogen-bond donors (Lipinski definition) is 1. The third kappa shape index (κ3) is 1.95. The van der Waals surface area contributed by atoms with Gasteiger partial charge in [0.1, 0.15) is 0 Å². The van der Waals surface area contributed by atoms with Crippen LogP contribution < -0.4 is 0 Å². The topological polar surface area (TPSA) is 46.5 Å². The van der Waals surface area contributed by atoms with Gasteiger partial charge in [0.2, 0.25) is 0 Å². The average molecular weight is 234 g/mol. The molecular formula is C14H18O3. The number of ether oxygens (including phenoxy) is 1. The SMILES string of the molecule is CCC1(C(=O)OCO)CCCc2ccccc21. The van der Waals surface area contributed by atoms with E-state index >= 15 is 0 Å². The summed E-state index contributed by atoms with van der Waals surface area (Å²) in [5.41, 5.74) is 1.75. The van der Waals surface area contributed by atoms with Crippen molar-refractivity contribution >= 4 is 5.97 Å². The molecular weight excluding hydrogens is 216 g/mol. The summed E-state index contributed by atoms with van der Waals surface area (Å²) >= 11 is 0. The van der Waals surface area contributed by atoms with E-state index in [1.54, 1.807) is 0 Å². The van der Waals surface area contributed by atoms with Gasteiger partial charge < -0.3 is 9.84 Å². The first-order chi connectivity index (χ1) is 8.24.